The summed E-state index contributed by atoms with van der Waals surface area (Å²) < 4.78 is 2.47. The zero-order chi connectivity index (χ0) is 25.4. The van der Waals surface area contributed by atoms with Crippen LogP contribution in [0.3, 0.4) is 0 Å². The summed E-state index contributed by atoms with van der Waals surface area (Å²) in [6.45, 7) is 4.69. The lowest BCUT2D eigenvalue weighted by atomic mass is 9.75. The van der Waals surface area contributed by atoms with Crippen LogP contribution in [0.4, 0.5) is 0 Å². The molecule has 2 nitrogen and oxygen atoms in total. The lowest BCUT2D eigenvalue weighted by Gasteiger charge is -2.34. The third-order valence-electron chi connectivity index (χ3n) is 8.38. The van der Waals surface area contributed by atoms with Crippen LogP contribution in [0.2, 0.25) is 0 Å². The first-order valence-corrected chi connectivity index (χ1v) is 13.2. The average molecular weight is 487 g/mol. The van der Waals surface area contributed by atoms with E-state index in [2.05, 4.69) is 140 Å². The van der Waals surface area contributed by atoms with Gasteiger partial charge in [0.05, 0.1) is 27.9 Å². The maximum atomic E-state index is 5.13. The van der Waals surface area contributed by atoms with E-state index in [0.717, 1.165) is 16.8 Å². The van der Waals surface area contributed by atoms with Crippen LogP contribution in [0, 0.1) is 0 Å². The zero-order valence-corrected chi connectivity index (χ0v) is 21.4. The van der Waals surface area contributed by atoms with Crippen molar-refractivity contribution in [3.63, 3.8) is 0 Å². The first-order valence-electron chi connectivity index (χ1n) is 13.2. The Balaban J connectivity index is 1.42. The van der Waals surface area contributed by atoms with E-state index < -0.39 is 0 Å². The van der Waals surface area contributed by atoms with Gasteiger partial charge in [0.25, 0.3) is 0 Å². The van der Waals surface area contributed by atoms with Crippen LogP contribution in [0.25, 0.3) is 60.8 Å². The van der Waals surface area contributed by atoms with Gasteiger partial charge in [0.2, 0.25) is 0 Å². The summed E-state index contributed by atoms with van der Waals surface area (Å²) in [5.41, 5.74) is 12.1. The lowest BCUT2D eigenvalue weighted by molar-refractivity contribution is 0.630. The molecule has 0 N–H and O–H groups in total. The van der Waals surface area contributed by atoms with Crippen molar-refractivity contribution in [1.82, 2.24) is 9.55 Å². The van der Waals surface area contributed by atoms with Gasteiger partial charge in [-0.25, -0.2) is 4.98 Å². The maximum Gasteiger partial charge on any atom is 0.0716 e. The van der Waals surface area contributed by atoms with Crippen molar-refractivity contribution in [2.75, 3.05) is 0 Å². The van der Waals surface area contributed by atoms with Crippen LogP contribution < -0.4 is 0 Å². The molecule has 2 aromatic heterocycles. The fourth-order valence-corrected chi connectivity index (χ4v) is 6.50. The van der Waals surface area contributed by atoms with E-state index in [1.54, 1.807) is 0 Å². The van der Waals surface area contributed by atoms with E-state index in [1.807, 2.05) is 0 Å². The van der Waals surface area contributed by atoms with E-state index >= 15 is 0 Å². The Morgan fingerprint density at radius 3 is 2.21 bits per heavy atom. The van der Waals surface area contributed by atoms with Crippen molar-refractivity contribution in [2.24, 2.45) is 0 Å². The van der Waals surface area contributed by atoms with Crippen molar-refractivity contribution < 1.29 is 0 Å². The highest BCUT2D eigenvalue weighted by atomic mass is 15.0. The Morgan fingerprint density at radius 1 is 0.579 bits per heavy atom. The van der Waals surface area contributed by atoms with Gasteiger partial charge in [-0.3, -0.25) is 0 Å². The normalized spacial score (nSPS) is 13.7. The minimum atomic E-state index is -0.0617. The molecule has 0 aliphatic carbocycles. The SMILES string of the molecule is CC1(C)c2ccccc2-n2c3ccc(-c4cc(-c5ccccc5)c5ccccc5n4)cc3c3cccc1c32. The van der Waals surface area contributed by atoms with E-state index in [4.69, 9.17) is 4.98 Å². The van der Waals surface area contributed by atoms with E-state index in [1.165, 1.54) is 55.1 Å². The number of fused-ring (bicyclic) bond motifs is 6. The minimum absolute atomic E-state index is 0.0617. The van der Waals surface area contributed by atoms with Gasteiger partial charge < -0.3 is 4.57 Å². The van der Waals surface area contributed by atoms with Gasteiger partial charge in [-0.1, -0.05) is 105 Å². The molecule has 1 aliphatic heterocycles. The van der Waals surface area contributed by atoms with Crippen LogP contribution in [-0.2, 0) is 5.41 Å². The molecular formula is C36H26N2. The van der Waals surface area contributed by atoms with Crippen LogP contribution in [-0.4, -0.2) is 9.55 Å². The number of nitrogens with zero attached hydrogens (tertiary/aromatic N) is 2. The molecule has 0 bridgehead atoms. The number of para-hydroxylation sites is 3. The van der Waals surface area contributed by atoms with Gasteiger partial charge in [0.15, 0.2) is 0 Å². The smallest absolute Gasteiger partial charge is 0.0716 e. The second-order valence-electron chi connectivity index (χ2n) is 10.8. The van der Waals surface area contributed by atoms with Crippen molar-refractivity contribution in [3.05, 3.63) is 132 Å². The maximum absolute atomic E-state index is 5.13. The molecule has 38 heavy (non-hydrogen) atoms. The average Bonchev–Trinajstić information content (AvgIpc) is 3.30. The highest BCUT2D eigenvalue weighted by Gasteiger charge is 2.34. The van der Waals surface area contributed by atoms with Crippen molar-refractivity contribution in [3.8, 4) is 28.1 Å². The molecule has 0 fully saturated rings. The van der Waals surface area contributed by atoms with Gasteiger partial charge in [-0.05, 0) is 52.6 Å². The molecule has 0 saturated heterocycles. The number of hydrogen-bond acceptors (Lipinski definition) is 1. The summed E-state index contributed by atoms with van der Waals surface area (Å²) in [7, 11) is 0. The predicted molar refractivity (Wildman–Crippen MR) is 159 cm³/mol. The van der Waals surface area contributed by atoms with Gasteiger partial charge in [-0.15, -0.1) is 0 Å². The van der Waals surface area contributed by atoms with Crippen molar-refractivity contribution in [1.29, 1.82) is 0 Å². The molecule has 0 atom stereocenters. The molecule has 0 unspecified atom stereocenters. The Labute approximate surface area is 221 Å². The highest BCUT2D eigenvalue weighted by Crippen LogP contribution is 2.47. The van der Waals surface area contributed by atoms with E-state index in [9.17, 15) is 0 Å². The number of benzene rings is 5. The molecule has 5 aromatic carbocycles. The molecule has 1 aliphatic rings. The van der Waals surface area contributed by atoms with Gasteiger partial charge in [0.1, 0.15) is 0 Å². The largest absolute Gasteiger partial charge is 0.309 e. The number of aromatic nitrogens is 2. The number of rotatable bonds is 2. The molecule has 0 saturated carbocycles. The second kappa shape index (κ2) is 7.66. The molecule has 0 spiro atoms. The summed E-state index contributed by atoms with van der Waals surface area (Å²) in [5, 5.41) is 3.74. The Kier molecular flexibility index (Phi) is 4.31. The second-order valence-corrected chi connectivity index (χ2v) is 10.8. The summed E-state index contributed by atoms with van der Waals surface area (Å²) in [6.07, 6.45) is 0. The zero-order valence-electron chi connectivity index (χ0n) is 21.4. The Hall–Kier alpha value is -4.69. The topological polar surface area (TPSA) is 17.8 Å². The van der Waals surface area contributed by atoms with Crippen LogP contribution in [0.15, 0.2) is 121 Å². The number of hydrogen-bond donors (Lipinski definition) is 0. The summed E-state index contributed by atoms with van der Waals surface area (Å²) in [5.74, 6) is 0. The fraction of sp³-hybridized carbons (Fsp3) is 0.0833. The molecule has 0 amide bonds. The summed E-state index contributed by atoms with van der Waals surface area (Å²) >= 11 is 0. The lowest BCUT2D eigenvalue weighted by Crippen LogP contribution is -2.26. The molecular weight excluding hydrogens is 460 g/mol. The highest BCUT2D eigenvalue weighted by molar-refractivity contribution is 6.12. The Bertz CT molecular complexity index is 2040. The third kappa shape index (κ3) is 2.86. The van der Waals surface area contributed by atoms with Crippen molar-refractivity contribution >= 4 is 32.7 Å². The van der Waals surface area contributed by atoms with E-state index in [-0.39, 0.29) is 5.41 Å². The molecule has 7 aromatic rings. The quantitative estimate of drug-likeness (QED) is 0.238. The van der Waals surface area contributed by atoms with Gasteiger partial charge >= 0.3 is 0 Å². The molecule has 3 heterocycles. The van der Waals surface area contributed by atoms with Gasteiger partial charge in [-0.2, -0.15) is 0 Å². The monoisotopic (exact) mass is 486 g/mol. The fourth-order valence-electron chi connectivity index (χ4n) is 6.50. The van der Waals surface area contributed by atoms with Gasteiger partial charge in [0, 0.05) is 27.1 Å². The third-order valence-corrected chi connectivity index (χ3v) is 8.38. The van der Waals surface area contributed by atoms with Crippen LogP contribution >= 0.6 is 0 Å². The standard InChI is InChI=1S/C36H26N2/c1-36(2)29-15-7-9-18-34(29)38-33-20-19-24(21-28(33)26-14-10-16-30(36)35(26)38)32-22-27(23-11-4-3-5-12-23)25-13-6-8-17-31(25)37-32/h3-22H,1-2H3. The van der Waals surface area contributed by atoms with Crippen LogP contribution in [0.5, 0.6) is 0 Å². The first-order chi connectivity index (χ1) is 18.6. The molecule has 180 valence electrons. The molecule has 2 heteroatoms. The summed E-state index contributed by atoms with van der Waals surface area (Å²) in [6, 6.07) is 43.8. The summed E-state index contributed by atoms with van der Waals surface area (Å²) in [4.78, 5) is 5.13. The first kappa shape index (κ1) is 21.4. The Morgan fingerprint density at radius 2 is 1.32 bits per heavy atom. The van der Waals surface area contributed by atoms with Crippen molar-refractivity contribution in [2.45, 2.75) is 19.3 Å². The number of pyridine rings is 1. The molecule has 8 rings (SSSR count). The van der Waals surface area contributed by atoms with E-state index in [0.29, 0.717) is 0 Å². The predicted octanol–water partition coefficient (Wildman–Crippen LogP) is 9.31. The molecule has 0 radical (unpaired) electrons. The minimum Gasteiger partial charge on any atom is -0.309 e. The van der Waals surface area contributed by atoms with Crippen LogP contribution in [0.1, 0.15) is 25.0 Å².